The first-order chi connectivity index (χ1) is 8.07. The summed E-state index contributed by atoms with van der Waals surface area (Å²) in [6, 6.07) is 3.76. The fraction of sp³-hybridized carbons (Fsp3) is 0.300. The van der Waals surface area contributed by atoms with E-state index in [2.05, 4.69) is 0 Å². The second kappa shape index (κ2) is 5.80. The highest BCUT2D eigenvalue weighted by Gasteiger charge is 2.22. The van der Waals surface area contributed by atoms with E-state index in [0.717, 1.165) is 0 Å². The zero-order valence-corrected chi connectivity index (χ0v) is 8.96. The van der Waals surface area contributed by atoms with Crippen molar-refractivity contribution in [3.8, 4) is 5.75 Å². The molecule has 7 heteroatoms. The van der Waals surface area contributed by atoms with E-state index in [9.17, 15) is 14.9 Å². The Morgan fingerprint density at radius 2 is 2.24 bits per heavy atom. The van der Waals surface area contributed by atoms with Crippen molar-refractivity contribution in [3.05, 3.63) is 33.9 Å². The van der Waals surface area contributed by atoms with Crippen LogP contribution in [-0.4, -0.2) is 29.2 Å². The van der Waals surface area contributed by atoms with Crippen LogP contribution in [-0.2, 0) is 0 Å². The van der Waals surface area contributed by atoms with Crippen LogP contribution in [0.4, 0.5) is 5.69 Å². The average molecular weight is 240 g/mol. The van der Waals surface area contributed by atoms with E-state index in [1.54, 1.807) is 0 Å². The minimum absolute atomic E-state index is 0.141. The van der Waals surface area contributed by atoms with Gasteiger partial charge in [-0.1, -0.05) is 6.07 Å². The summed E-state index contributed by atoms with van der Waals surface area (Å²) >= 11 is 0. The summed E-state index contributed by atoms with van der Waals surface area (Å²) in [5.74, 6) is -1.49. The Hall–Kier alpha value is -2.15. The van der Waals surface area contributed by atoms with Crippen LogP contribution in [0.15, 0.2) is 18.2 Å². The SMILES string of the molecule is NCCCOc1c(C(=O)O)cccc1[N+](=O)[O-]. The van der Waals surface area contributed by atoms with Crippen molar-refractivity contribution in [2.24, 2.45) is 5.73 Å². The molecule has 0 aliphatic rings. The van der Waals surface area contributed by atoms with E-state index in [1.807, 2.05) is 0 Å². The minimum atomic E-state index is -1.27. The van der Waals surface area contributed by atoms with Crippen molar-refractivity contribution >= 4 is 11.7 Å². The topological polar surface area (TPSA) is 116 Å². The predicted molar refractivity (Wildman–Crippen MR) is 59.2 cm³/mol. The first kappa shape index (κ1) is 12.9. The van der Waals surface area contributed by atoms with Gasteiger partial charge in [0.25, 0.3) is 0 Å². The molecule has 3 N–H and O–H groups in total. The second-order valence-electron chi connectivity index (χ2n) is 3.21. The van der Waals surface area contributed by atoms with E-state index in [1.165, 1.54) is 18.2 Å². The van der Waals surface area contributed by atoms with Crippen LogP contribution in [0.25, 0.3) is 0 Å². The molecule has 0 amide bonds. The van der Waals surface area contributed by atoms with Gasteiger partial charge in [-0.25, -0.2) is 4.79 Å². The van der Waals surface area contributed by atoms with Crippen LogP contribution in [0, 0.1) is 10.1 Å². The van der Waals surface area contributed by atoms with E-state index in [-0.39, 0.29) is 23.6 Å². The molecule has 1 aromatic rings. The summed E-state index contributed by atoms with van der Waals surface area (Å²) in [6.07, 6.45) is 0.491. The Bertz CT molecular complexity index is 400. The molecule has 0 fully saturated rings. The summed E-state index contributed by atoms with van der Waals surface area (Å²) in [5, 5.41) is 19.6. The first-order valence-corrected chi connectivity index (χ1v) is 4.91. The lowest BCUT2D eigenvalue weighted by molar-refractivity contribution is -0.385. The number of aromatic carboxylic acids is 1. The number of nitrogens with two attached hydrogens (primary N) is 1. The van der Waals surface area contributed by atoms with Gasteiger partial charge < -0.3 is 15.6 Å². The lowest BCUT2D eigenvalue weighted by atomic mass is 10.1. The Balaban J connectivity index is 3.10. The van der Waals surface area contributed by atoms with Crippen molar-refractivity contribution in [2.45, 2.75) is 6.42 Å². The number of nitro benzene ring substituents is 1. The summed E-state index contributed by atoms with van der Waals surface area (Å²) in [7, 11) is 0. The molecular formula is C10H12N2O5. The Kier molecular flexibility index (Phi) is 4.41. The monoisotopic (exact) mass is 240 g/mol. The van der Waals surface area contributed by atoms with Crippen molar-refractivity contribution < 1.29 is 19.6 Å². The van der Waals surface area contributed by atoms with E-state index in [0.29, 0.717) is 13.0 Å². The molecule has 0 spiro atoms. The third-order valence-corrected chi connectivity index (χ3v) is 2.02. The standard InChI is InChI=1S/C10H12N2O5/c11-5-2-6-17-9-7(10(13)14)3-1-4-8(9)12(15)16/h1,3-4H,2,5-6,11H2,(H,13,14). The molecule has 0 bridgehead atoms. The van der Waals surface area contributed by atoms with Crippen molar-refractivity contribution in [2.75, 3.05) is 13.2 Å². The van der Waals surface area contributed by atoms with E-state index in [4.69, 9.17) is 15.6 Å². The van der Waals surface area contributed by atoms with Gasteiger partial charge in [0.15, 0.2) is 0 Å². The van der Waals surface area contributed by atoms with Crippen LogP contribution >= 0.6 is 0 Å². The number of hydrogen-bond donors (Lipinski definition) is 2. The number of ether oxygens (including phenoxy) is 1. The number of carboxylic acids is 1. The number of rotatable bonds is 6. The van der Waals surface area contributed by atoms with Crippen molar-refractivity contribution in [1.82, 2.24) is 0 Å². The molecule has 0 saturated carbocycles. The molecule has 0 aliphatic heterocycles. The molecule has 1 aromatic carbocycles. The zero-order valence-electron chi connectivity index (χ0n) is 8.96. The first-order valence-electron chi connectivity index (χ1n) is 4.91. The Labute approximate surface area is 97.0 Å². The number of hydrogen-bond acceptors (Lipinski definition) is 5. The summed E-state index contributed by atoms with van der Waals surface area (Å²) in [4.78, 5) is 21.0. The van der Waals surface area contributed by atoms with Crippen LogP contribution in [0.2, 0.25) is 0 Å². The van der Waals surface area contributed by atoms with Gasteiger partial charge in [-0.3, -0.25) is 10.1 Å². The summed E-state index contributed by atoms with van der Waals surface area (Å²) in [6.45, 7) is 0.505. The third-order valence-electron chi connectivity index (χ3n) is 2.02. The van der Waals surface area contributed by atoms with Gasteiger partial charge in [0.05, 0.1) is 11.5 Å². The molecule has 17 heavy (non-hydrogen) atoms. The van der Waals surface area contributed by atoms with Crippen molar-refractivity contribution in [3.63, 3.8) is 0 Å². The zero-order chi connectivity index (χ0) is 12.8. The molecular weight excluding hydrogens is 228 g/mol. The minimum Gasteiger partial charge on any atom is -0.486 e. The maximum Gasteiger partial charge on any atom is 0.339 e. The smallest absolute Gasteiger partial charge is 0.339 e. The number of para-hydroxylation sites is 1. The highest BCUT2D eigenvalue weighted by molar-refractivity contribution is 5.92. The van der Waals surface area contributed by atoms with Crippen molar-refractivity contribution in [1.29, 1.82) is 0 Å². The number of benzene rings is 1. The molecule has 1 rings (SSSR count). The van der Waals surface area contributed by atoms with Gasteiger partial charge >= 0.3 is 11.7 Å². The summed E-state index contributed by atoms with van der Waals surface area (Å²) < 4.78 is 5.13. The molecule has 0 saturated heterocycles. The Morgan fingerprint density at radius 3 is 2.76 bits per heavy atom. The van der Waals surface area contributed by atoms with Gasteiger partial charge in [0.1, 0.15) is 5.56 Å². The van der Waals surface area contributed by atoms with Crippen LogP contribution in [0.3, 0.4) is 0 Å². The highest BCUT2D eigenvalue weighted by atomic mass is 16.6. The number of nitrogens with zero attached hydrogens (tertiary/aromatic N) is 1. The van der Waals surface area contributed by atoms with Crippen LogP contribution in [0.1, 0.15) is 16.8 Å². The summed E-state index contributed by atoms with van der Waals surface area (Å²) in [5.41, 5.74) is 4.67. The molecule has 0 radical (unpaired) electrons. The fourth-order valence-electron chi connectivity index (χ4n) is 1.25. The van der Waals surface area contributed by atoms with Gasteiger partial charge in [-0.15, -0.1) is 0 Å². The lowest BCUT2D eigenvalue weighted by Crippen LogP contribution is -2.10. The fourth-order valence-corrected chi connectivity index (χ4v) is 1.25. The lowest BCUT2D eigenvalue weighted by Gasteiger charge is -2.08. The number of carboxylic acid groups (broad SMARTS) is 1. The van der Waals surface area contributed by atoms with Crippen LogP contribution < -0.4 is 10.5 Å². The van der Waals surface area contributed by atoms with Gasteiger partial charge in [-0.05, 0) is 19.0 Å². The molecule has 0 heterocycles. The third kappa shape index (κ3) is 3.15. The number of nitro groups is 1. The predicted octanol–water partition coefficient (Wildman–Crippen LogP) is 1.02. The maximum absolute atomic E-state index is 10.9. The van der Waals surface area contributed by atoms with Gasteiger partial charge in [-0.2, -0.15) is 0 Å². The molecule has 92 valence electrons. The molecule has 0 unspecified atom stereocenters. The molecule has 7 nitrogen and oxygen atoms in total. The largest absolute Gasteiger partial charge is 0.486 e. The van der Waals surface area contributed by atoms with E-state index < -0.39 is 10.9 Å². The maximum atomic E-state index is 10.9. The van der Waals surface area contributed by atoms with Gasteiger partial charge in [0.2, 0.25) is 5.75 Å². The molecule has 0 atom stereocenters. The normalized spacial score (nSPS) is 9.94. The highest BCUT2D eigenvalue weighted by Crippen LogP contribution is 2.30. The van der Waals surface area contributed by atoms with Crippen LogP contribution in [0.5, 0.6) is 5.75 Å². The Morgan fingerprint density at radius 1 is 1.53 bits per heavy atom. The quantitative estimate of drug-likeness (QED) is 0.435. The second-order valence-corrected chi connectivity index (χ2v) is 3.21. The molecule has 0 aliphatic carbocycles. The van der Waals surface area contributed by atoms with E-state index >= 15 is 0 Å². The average Bonchev–Trinajstić information content (AvgIpc) is 2.28. The molecule has 0 aromatic heterocycles. The van der Waals surface area contributed by atoms with Gasteiger partial charge in [0, 0.05) is 6.07 Å². The number of carbonyl (C=O) groups is 1.